The Hall–Kier alpha value is -1.64. The van der Waals surface area contributed by atoms with Crippen molar-refractivity contribution in [3.63, 3.8) is 0 Å². The van der Waals surface area contributed by atoms with Crippen LogP contribution in [-0.2, 0) is 9.31 Å². The van der Waals surface area contributed by atoms with Gasteiger partial charge < -0.3 is 9.31 Å². The van der Waals surface area contributed by atoms with Gasteiger partial charge in [-0.1, -0.05) is 12.1 Å². The van der Waals surface area contributed by atoms with Crippen LogP contribution in [-0.4, -0.2) is 24.6 Å². The number of carbonyl (C=O) groups excluding carboxylic acids is 1. The SMILES string of the molecule is CC1(C)OB(c2cc(C=O)ccc2C#N)OC1(C)C. The molecule has 2 rings (SSSR count). The molecule has 1 aromatic rings. The molecule has 0 saturated carbocycles. The van der Waals surface area contributed by atoms with Gasteiger partial charge >= 0.3 is 7.12 Å². The lowest BCUT2D eigenvalue weighted by atomic mass is 9.75. The van der Waals surface area contributed by atoms with Crippen LogP contribution in [0.1, 0.15) is 43.6 Å². The fourth-order valence-corrected chi connectivity index (χ4v) is 1.92. The second kappa shape index (κ2) is 4.48. The summed E-state index contributed by atoms with van der Waals surface area (Å²) >= 11 is 0. The Bertz CT molecular complexity index is 544. The van der Waals surface area contributed by atoms with Crippen LogP contribution in [0.3, 0.4) is 0 Å². The maximum atomic E-state index is 10.9. The largest absolute Gasteiger partial charge is 0.496 e. The molecule has 98 valence electrons. The molecule has 0 atom stereocenters. The molecule has 1 heterocycles. The van der Waals surface area contributed by atoms with Gasteiger partial charge in [-0.3, -0.25) is 4.79 Å². The highest BCUT2D eigenvalue weighted by Crippen LogP contribution is 2.36. The molecule has 0 radical (unpaired) electrons. The van der Waals surface area contributed by atoms with Gasteiger partial charge in [0.1, 0.15) is 6.29 Å². The van der Waals surface area contributed by atoms with Crippen LogP contribution in [0.25, 0.3) is 0 Å². The Balaban J connectivity index is 2.44. The van der Waals surface area contributed by atoms with Gasteiger partial charge in [-0.15, -0.1) is 0 Å². The average Bonchev–Trinajstić information content (AvgIpc) is 2.57. The molecule has 1 fully saturated rings. The van der Waals surface area contributed by atoms with Crippen molar-refractivity contribution in [3.8, 4) is 6.07 Å². The molecule has 0 N–H and O–H groups in total. The van der Waals surface area contributed by atoms with E-state index in [1.54, 1.807) is 18.2 Å². The van der Waals surface area contributed by atoms with E-state index in [0.717, 1.165) is 6.29 Å². The molecule has 19 heavy (non-hydrogen) atoms. The number of nitriles is 1. The molecule has 1 aliphatic heterocycles. The zero-order chi connectivity index (χ0) is 14.3. The van der Waals surface area contributed by atoms with Gasteiger partial charge in [-0.25, -0.2) is 0 Å². The van der Waals surface area contributed by atoms with Gasteiger partial charge in [0.25, 0.3) is 0 Å². The van der Waals surface area contributed by atoms with Crippen LogP contribution in [0.15, 0.2) is 18.2 Å². The molecule has 0 aliphatic carbocycles. The van der Waals surface area contributed by atoms with Gasteiger partial charge in [0.05, 0.1) is 22.8 Å². The van der Waals surface area contributed by atoms with Crippen molar-refractivity contribution < 1.29 is 14.1 Å². The molecule has 0 aromatic heterocycles. The summed E-state index contributed by atoms with van der Waals surface area (Å²) < 4.78 is 11.8. The molecule has 0 spiro atoms. The summed E-state index contributed by atoms with van der Waals surface area (Å²) in [5.41, 5.74) is 0.627. The number of hydrogen-bond donors (Lipinski definition) is 0. The summed E-state index contributed by atoms with van der Waals surface area (Å²) in [6.07, 6.45) is 0.746. The fourth-order valence-electron chi connectivity index (χ4n) is 1.92. The number of rotatable bonds is 2. The van der Waals surface area contributed by atoms with Crippen LogP contribution in [0.2, 0.25) is 0 Å². The molecule has 1 saturated heterocycles. The van der Waals surface area contributed by atoms with Crippen LogP contribution in [0, 0.1) is 11.3 Å². The summed E-state index contributed by atoms with van der Waals surface area (Å²) in [5.74, 6) is 0. The Morgan fingerprint density at radius 3 is 2.26 bits per heavy atom. The van der Waals surface area contributed by atoms with Crippen molar-refractivity contribution >= 4 is 18.9 Å². The van der Waals surface area contributed by atoms with Gasteiger partial charge in [-0.2, -0.15) is 5.26 Å². The zero-order valence-electron chi connectivity index (χ0n) is 11.6. The second-order valence-electron chi connectivity index (χ2n) is 5.66. The average molecular weight is 257 g/mol. The first-order chi connectivity index (χ1) is 8.80. The Kier molecular flexibility index (Phi) is 3.25. The third kappa shape index (κ3) is 2.29. The molecule has 1 aliphatic rings. The lowest BCUT2D eigenvalue weighted by Crippen LogP contribution is -2.41. The van der Waals surface area contributed by atoms with Crippen molar-refractivity contribution in [2.45, 2.75) is 38.9 Å². The lowest BCUT2D eigenvalue weighted by molar-refractivity contribution is 0.00578. The van der Waals surface area contributed by atoms with E-state index in [4.69, 9.17) is 14.6 Å². The summed E-state index contributed by atoms with van der Waals surface area (Å²) in [7, 11) is -0.625. The highest BCUT2D eigenvalue weighted by atomic mass is 16.7. The quantitative estimate of drug-likeness (QED) is 0.597. The van der Waals surface area contributed by atoms with E-state index in [-0.39, 0.29) is 0 Å². The normalized spacial score (nSPS) is 20.1. The molecule has 5 heteroatoms. The van der Waals surface area contributed by atoms with Crippen molar-refractivity contribution in [1.82, 2.24) is 0 Å². The lowest BCUT2D eigenvalue weighted by Gasteiger charge is -2.32. The molecular formula is C14H16BNO3. The van der Waals surface area contributed by atoms with Crippen LogP contribution in [0.5, 0.6) is 0 Å². The fraction of sp³-hybridized carbons (Fsp3) is 0.429. The second-order valence-corrected chi connectivity index (χ2v) is 5.66. The maximum absolute atomic E-state index is 10.9. The number of benzene rings is 1. The van der Waals surface area contributed by atoms with Gasteiger partial charge in [0, 0.05) is 11.0 Å². The molecular weight excluding hydrogens is 241 g/mol. The monoisotopic (exact) mass is 257 g/mol. The first kappa shape index (κ1) is 13.8. The van der Waals surface area contributed by atoms with Crippen molar-refractivity contribution in [1.29, 1.82) is 5.26 Å². The first-order valence-corrected chi connectivity index (χ1v) is 6.15. The Morgan fingerprint density at radius 1 is 1.21 bits per heavy atom. The highest BCUT2D eigenvalue weighted by molar-refractivity contribution is 6.63. The number of hydrogen-bond acceptors (Lipinski definition) is 4. The van der Waals surface area contributed by atoms with Crippen molar-refractivity contribution in [2.24, 2.45) is 0 Å². The Labute approximate surface area is 113 Å². The number of aldehydes is 1. The van der Waals surface area contributed by atoms with E-state index >= 15 is 0 Å². The van der Waals surface area contributed by atoms with Crippen LogP contribution < -0.4 is 5.46 Å². The minimum Gasteiger partial charge on any atom is -0.399 e. The molecule has 0 unspecified atom stereocenters. The summed E-state index contributed by atoms with van der Waals surface area (Å²) in [4.78, 5) is 10.9. The Morgan fingerprint density at radius 2 is 1.79 bits per heavy atom. The standard InChI is InChI=1S/C14H16BNO3/c1-13(2)14(3,4)19-15(18-13)12-7-10(9-17)5-6-11(12)8-16/h5-7,9H,1-4H3. The molecule has 0 amide bonds. The highest BCUT2D eigenvalue weighted by Gasteiger charge is 2.52. The van der Waals surface area contributed by atoms with Crippen molar-refractivity contribution in [2.75, 3.05) is 0 Å². The predicted octanol–water partition coefficient (Wildman–Crippen LogP) is 1.67. The van der Waals surface area contributed by atoms with E-state index < -0.39 is 18.3 Å². The predicted molar refractivity (Wildman–Crippen MR) is 72.3 cm³/mol. The topological polar surface area (TPSA) is 59.3 Å². The third-order valence-corrected chi connectivity index (χ3v) is 3.84. The zero-order valence-corrected chi connectivity index (χ0v) is 11.6. The first-order valence-electron chi connectivity index (χ1n) is 6.15. The molecule has 1 aromatic carbocycles. The third-order valence-electron chi connectivity index (χ3n) is 3.84. The number of carbonyl (C=O) groups is 1. The van der Waals surface area contributed by atoms with E-state index in [9.17, 15) is 4.79 Å². The van der Waals surface area contributed by atoms with E-state index in [2.05, 4.69) is 6.07 Å². The van der Waals surface area contributed by atoms with Gasteiger partial charge in [0.15, 0.2) is 0 Å². The number of nitrogens with zero attached hydrogens (tertiary/aromatic N) is 1. The minimum atomic E-state index is -0.625. The molecule has 0 bridgehead atoms. The van der Waals surface area contributed by atoms with E-state index in [1.807, 2.05) is 27.7 Å². The smallest absolute Gasteiger partial charge is 0.399 e. The van der Waals surface area contributed by atoms with E-state index in [0.29, 0.717) is 16.6 Å². The van der Waals surface area contributed by atoms with Crippen LogP contribution >= 0.6 is 0 Å². The molecule has 4 nitrogen and oxygen atoms in total. The summed E-state index contributed by atoms with van der Waals surface area (Å²) in [6, 6.07) is 6.98. The van der Waals surface area contributed by atoms with Crippen LogP contribution in [0.4, 0.5) is 0 Å². The summed E-state index contributed by atoms with van der Waals surface area (Å²) in [5, 5.41) is 9.15. The maximum Gasteiger partial charge on any atom is 0.496 e. The van der Waals surface area contributed by atoms with Gasteiger partial charge in [0.2, 0.25) is 0 Å². The van der Waals surface area contributed by atoms with Gasteiger partial charge in [-0.05, 0) is 33.8 Å². The van der Waals surface area contributed by atoms with E-state index in [1.165, 1.54) is 0 Å². The summed E-state index contributed by atoms with van der Waals surface area (Å²) in [6.45, 7) is 7.79. The minimum absolute atomic E-state index is 0.462. The van der Waals surface area contributed by atoms with Crippen molar-refractivity contribution in [3.05, 3.63) is 29.3 Å².